The molecule has 110 valence electrons. The number of nitrogens with one attached hydrogen (secondary N) is 1. The number of hydrogen-bond acceptors (Lipinski definition) is 4. The lowest BCUT2D eigenvalue weighted by Crippen LogP contribution is -2.30. The second kappa shape index (κ2) is 6.88. The van der Waals surface area contributed by atoms with E-state index in [2.05, 4.69) is 21.2 Å². The summed E-state index contributed by atoms with van der Waals surface area (Å²) in [5, 5.41) is 3.19. The van der Waals surface area contributed by atoms with E-state index in [4.69, 9.17) is 4.42 Å². The maximum atomic E-state index is 12.4. The predicted octanol–water partition coefficient (Wildman–Crippen LogP) is 2.57. The van der Waals surface area contributed by atoms with Gasteiger partial charge in [-0.15, -0.1) is 0 Å². The Bertz CT molecular complexity index is 507. The minimum Gasteiger partial charge on any atom is -0.452 e. The van der Waals surface area contributed by atoms with Gasteiger partial charge in [0.05, 0.1) is 6.54 Å². The first-order valence-corrected chi connectivity index (χ1v) is 8.57. The standard InChI is InChI=1S/C12H21BrN2O3S/c1-5-15(6-2)19(16,17)11-7-10(18-12(11)13)8-14-9(3)4/h7,9,14H,5-6,8H2,1-4H3. The van der Waals surface area contributed by atoms with E-state index in [1.165, 1.54) is 4.31 Å². The number of sulfonamides is 1. The monoisotopic (exact) mass is 352 g/mol. The van der Waals surface area contributed by atoms with Gasteiger partial charge in [0.2, 0.25) is 10.0 Å². The average Bonchev–Trinajstić information content (AvgIpc) is 2.70. The summed E-state index contributed by atoms with van der Waals surface area (Å²) in [4.78, 5) is 0.191. The molecule has 19 heavy (non-hydrogen) atoms. The van der Waals surface area contributed by atoms with Crippen LogP contribution in [0.15, 0.2) is 20.0 Å². The molecular formula is C12H21BrN2O3S. The highest BCUT2D eigenvalue weighted by Crippen LogP contribution is 2.28. The molecule has 0 saturated heterocycles. The highest BCUT2D eigenvalue weighted by molar-refractivity contribution is 9.10. The third-order valence-electron chi connectivity index (χ3n) is 2.71. The lowest BCUT2D eigenvalue weighted by atomic mass is 10.3. The van der Waals surface area contributed by atoms with Gasteiger partial charge in [-0.25, -0.2) is 8.42 Å². The lowest BCUT2D eigenvalue weighted by molar-refractivity contribution is 0.434. The zero-order valence-electron chi connectivity index (χ0n) is 11.7. The second-order valence-electron chi connectivity index (χ2n) is 4.48. The molecule has 0 spiro atoms. The molecule has 0 aromatic carbocycles. The summed E-state index contributed by atoms with van der Waals surface area (Å²) in [6.45, 7) is 9.06. The molecule has 0 amide bonds. The summed E-state index contributed by atoms with van der Waals surface area (Å²) in [5.74, 6) is 0.603. The average molecular weight is 353 g/mol. The van der Waals surface area contributed by atoms with Crippen LogP contribution in [0.3, 0.4) is 0 Å². The minimum atomic E-state index is -3.48. The fraction of sp³-hybridized carbons (Fsp3) is 0.667. The van der Waals surface area contributed by atoms with Crippen molar-refractivity contribution in [3.63, 3.8) is 0 Å². The molecule has 0 saturated carbocycles. The van der Waals surface area contributed by atoms with Crippen molar-refractivity contribution >= 4 is 26.0 Å². The van der Waals surface area contributed by atoms with Crippen molar-refractivity contribution in [1.82, 2.24) is 9.62 Å². The van der Waals surface area contributed by atoms with E-state index in [1.54, 1.807) is 6.07 Å². The number of furan rings is 1. The van der Waals surface area contributed by atoms with Gasteiger partial charge in [0, 0.05) is 25.2 Å². The third-order valence-corrected chi connectivity index (χ3v) is 5.62. The van der Waals surface area contributed by atoms with E-state index in [-0.39, 0.29) is 9.56 Å². The molecule has 1 N–H and O–H groups in total. The summed E-state index contributed by atoms with van der Waals surface area (Å²) < 4.78 is 31.9. The molecule has 5 nitrogen and oxygen atoms in total. The Morgan fingerprint density at radius 1 is 1.37 bits per heavy atom. The van der Waals surface area contributed by atoms with Crippen LogP contribution in [0.2, 0.25) is 0 Å². The molecule has 0 radical (unpaired) electrons. The maximum Gasteiger partial charge on any atom is 0.247 e. The molecule has 0 aliphatic carbocycles. The molecular weight excluding hydrogens is 332 g/mol. The molecule has 1 aromatic rings. The number of rotatable bonds is 7. The van der Waals surface area contributed by atoms with Crippen LogP contribution in [0.5, 0.6) is 0 Å². The summed E-state index contributed by atoms with van der Waals surface area (Å²) >= 11 is 3.19. The van der Waals surface area contributed by atoms with Gasteiger partial charge in [0.1, 0.15) is 10.7 Å². The molecule has 7 heteroatoms. The van der Waals surface area contributed by atoms with E-state index >= 15 is 0 Å². The normalized spacial score (nSPS) is 12.6. The molecule has 0 fully saturated rings. The smallest absolute Gasteiger partial charge is 0.247 e. The summed E-state index contributed by atoms with van der Waals surface area (Å²) in [5.41, 5.74) is 0. The Morgan fingerprint density at radius 3 is 2.42 bits per heavy atom. The summed E-state index contributed by atoms with van der Waals surface area (Å²) in [7, 11) is -3.48. The third kappa shape index (κ3) is 4.05. The second-order valence-corrected chi connectivity index (χ2v) is 7.10. The van der Waals surface area contributed by atoms with E-state index in [0.717, 1.165) is 0 Å². The van der Waals surface area contributed by atoms with Gasteiger partial charge in [-0.05, 0) is 15.9 Å². The highest BCUT2D eigenvalue weighted by atomic mass is 79.9. The van der Waals surface area contributed by atoms with Crippen LogP contribution in [0.25, 0.3) is 0 Å². The van der Waals surface area contributed by atoms with E-state index < -0.39 is 10.0 Å². The van der Waals surface area contributed by atoms with Crippen molar-refractivity contribution in [1.29, 1.82) is 0 Å². The molecule has 0 atom stereocenters. The van der Waals surface area contributed by atoms with Crippen LogP contribution < -0.4 is 5.32 Å². The van der Waals surface area contributed by atoms with Crippen LogP contribution in [-0.4, -0.2) is 31.9 Å². The van der Waals surface area contributed by atoms with Crippen LogP contribution in [-0.2, 0) is 16.6 Å². The first kappa shape index (κ1) is 16.7. The fourth-order valence-electron chi connectivity index (χ4n) is 1.67. The Kier molecular flexibility index (Phi) is 6.04. The topological polar surface area (TPSA) is 62.6 Å². The highest BCUT2D eigenvalue weighted by Gasteiger charge is 2.27. The van der Waals surface area contributed by atoms with Gasteiger partial charge in [-0.3, -0.25) is 0 Å². The van der Waals surface area contributed by atoms with Gasteiger partial charge in [-0.2, -0.15) is 4.31 Å². The van der Waals surface area contributed by atoms with Gasteiger partial charge < -0.3 is 9.73 Å². The van der Waals surface area contributed by atoms with Crippen LogP contribution >= 0.6 is 15.9 Å². The Morgan fingerprint density at radius 2 is 1.95 bits per heavy atom. The maximum absolute atomic E-state index is 12.4. The SMILES string of the molecule is CCN(CC)S(=O)(=O)c1cc(CNC(C)C)oc1Br. The van der Waals surface area contributed by atoms with Gasteiger partial charge in [-0.1, -0.05) is 27.7 Å². The van der Waals surface area contributed by atoms with E-state index in [0.29, 0.717) is 31.4 Å². The lowest BCUT2D eigenvalue weighted by Gasteiger charge is -2.17. The molecule has 0 aliphatic rings. The Labute approximate surface area is 123 Å². The molecule has 0 unspecified atom stereocenters. The van der Waals surface area contributed by atoms with Crippen molar-refractivity contribution in [2.45, 2.75) is 45.2 Å². The van der Waals surface area contributed by atoms with Crippen molar-refractivity contribution in [3.05, 3.63) is 16.5 Å². The molecule has 1 rings (SSSR count). The van der Waals surface area contributed by atoms with Gasteiger partial charge >= 0.3 is 0 Å². The number of halogens is 1. The largest absolute Gasteiger partial charge is 0.452 e. The summed E-state index contributed by atoms with van der Waals surface area (Å²) in [6.07, 6.45) is 0. The molecule has 1 aromatic heterocycles. The van der Waals surface area contributed by atoms with Crippen molar-refractivity contribution in [3.8, 4) is 0 Å². The Balaban J connectivity index is 3.01. The van der Waals surface area contributed by atoms with Crippen molar-refractivity contribution in [2.75, 3.05) is 13.1 Å². The minimum absolute atomic E-state index is 0.191. The molecule has 1 heterocycles. The quantitative estimate of drug-likeness (QED) is 0.818. The zero-order chi connectivity index (χ0) is 14.6. The van der Waals surface area contributed by atoms with Crippen molar-refractivity contribution in [2.24, 2.45) is 0 Å². The fourth-order valence-corrected chi connectivity index (χ4v) is 4.09. The number of nitrogens with zero attached hydrogens (tertiary/aromatic N) is 1. The summed E-state index contributed by atoms with van der Waals surface area (Å²) in [6, 6.07) is 1.89. The molecule has 0 bridgehead atoms. The van der Waals surface area contributed by atoms with Crippen LogP contribution in [0.4, 0.5) is 0 Å². The predicted molar refractivity (Wildman–Crippen MR) is 78.5 cm³/mol. The zero-order valence-corrected chi connectivity index (χ0v) is 14.1. The van der Waals surface area contributed by atoms with E-state index in [9.17, 15) is 8.42 Å². The van der Waals surface area contributed by atoms with Gasteiger partial charge in [0.25, 0.3) is 0 Å². The van der Waals surface area contributed by atoms with Crippen LogP contribution in [0, 0.1) is 0 Å². The first-order valence-electron chi connectivity index (χ1n) is 6.34. The van der Waals surface area contributed by atoms with Crippen LogP contribution in [0.1, 0.15) is 33.5 Å². The Hall–Kier alpha value is -0.370. The molecule has 0 aliphatic heterocycles. The van der Waals surface area contributed by atoms with Crippen molar-refractivity contribution < 1.29 is 12.8 Å². The first-order chi connectivity index (χ1) is 8.82. The van der Waals surface area contributed by atoms with Gasteiger partial charge in [0.15, 0.2) is 4.67 Å². The number of hydrogen-bond donors (Lipinski definition) is 1. The van der Waals surface area contributed by atoms with E-state index in [1.807, 2.05) is 27.7 Å².